The molecule has 7 nitrogen and oxygen atoms in total. The van der Waals surface area contributed by atoms with E-state index in [1.165, 1.54) is 17.0 Å². The van der Waals surface area contributed by atoms with Gasteiger partial charge in [-0.2, -0.15) is 0 Å². The highest BCUT2D eigenvalue weighted by molar-refractivity contribution is 6.43. The van der Waals surface area contributed by atoms with Crippen LogP contribution in [0, 0.1) is 12.7 Å². The zero-order valence-electron chi connectivity index (χ0n) is 21.7. The lowest BCUT2D eigenvalue weighted by atomic mass is 10.0. The Hall–Kier alpha value is -3.52. The zero-order chi connectivity index (χ0) is 26.3. The van der Waals surface area contributed by atoms with E-state index in [0.717, 1.165) is 16.8 Å². The van der Waals surface area contributed by atoms with Crippen LogP contribution in [-0.2, 0) is 18.4 Å². The number of likely N-dealkylation sites (N-methyl/N-ethyl adjacent to an activating group) is 1. The molecule has 2 amide bonds. The molecular formula is C28H33FN4O3. The number of ketones is 1. The number of piperazine rings is 1. The van der Waals surface area contributed by atoms with Gasteiger partial charge >= 0.3 is 0 Å². The maximum atomic E-state index is 13.9. The van der Waals surface area contributed by atoms with Gasteiger partial charge in [0.1, 0.15) is 5.82 Å². The van der Waals surface area contributed by atoms with Crippen LogP contribution in [0.3, 0.4) is 0 Å². The molecule has 0 unspecified atom stereocenters. The Bertz CT molecular complexity index is 1330. The van der Waals surface area contributed by atoms with Crippen molar-refractivity contribution in [2.24, 2.45) is 7.05 Å². The number of carbonyl (C=O) groups excluding carboxylic acids is 3. The summed E-state index contributed by atoms with van der Waals surface area (Å²) in [7, 11) is 4.98. The third kappa shape index (κ3) is 4.65. The molecule has 0 saturated carbocycles. The van der Waals surface area contributed by atoms with Crippen molar-refractivity contribution >= 4 is 28.5 Å². The second-order valence-electron chi connectivity index (χ2n) is 9.99. The summed E-state index contributed by atoms with van der Waals surface area (Å²) in [5.41, 5.74) is 3.51. The molecule has 2 heterocycles. The number of carbonyl (C=O) groups is 3. The second kappa shape index (κ2) is 9.85. The van der Waals surface area contributed by atoms with E-state index in [4.69, 9.17) is 0 Å². The Morgan fingerprint density at radius 2 is 1.67 bits per heavy atom. The summed E-state index contributed by atoms with van der Waals surface area (Å²) in [6.45, 7) is 7.96. The Labute approximate surface area is 211 Å². The topological polar surface area (TPSA) is 65.9 Å². The Morgan fingerprint density at radius 1 is 1.00 bits per heavy atom. The van der Waals surface area contributed by atoms with Crippen LogP contribution in [0.1, 0.15) is 45.8 Å². The Morgan fingerprint density at radius 3 is 2.31 bits per heavy atom. The number of fused-ring (bicyclic) bond motifs is 1. The summed E-state index contributed by atoms with van der Waals surface area (Å²) in [4.78, 5) is 44.3. The second-order valence-corrected chi connectivity index (χ2v) is 9.99. The molecule has 0 radical (unpaired) electrons. The van der Waals surface area contributed by atoms with E-state index in [2.05, 4.69) is 11.8 Å². The highest BCUT2D eigenvalue weighted by atomic mass is 19.1. The molecule has 1 aliphatic rings. The number of hydrogen-bond donors (Lipinski definition) is 0. The summed E-state index contributed by atoms with van der Waals surface area (Å²) < 4.78 is 15.2. The van der Waals surface area contributed by atoms with Crippen LogP contribution >= 0.6 is 0 Å². The number of aryl methyl sites for hydroxylation is 1. The lowest BCUT2D eigenvalue weighted by Gasteiger charge is -2.44. The summed E-state index contributed by atoms with van der Waals surface area (Å²) in [6, 6.07) is 11.7. The first-order valence-corrected chi connectivity index (χ1v) is 12.1. The zero-order valence-corrected chi connectivity index (χ0v) is 21.7. The van der Waals surface area contributed by atoms with Gasteiger partial charge in [-0.1, -0.05) is 12.1 Å². The number of aromatic nitrogens is 1. The average molecular weight is 493 g/mol. The molecule has 0 bridgehead atoms. The van der Waals surface area contributed by atoms with E-state index in [9.17, 15) is 18.8 Å². The minimum Gasteiger partial charge on any atom is -0.347 e. The molecule has 0 spiro atoms. The van der Waals surface area contributed by atoms with Gasteiger partial charge in [0.05, 0.1) is 5.56 Å². The predicted octanol–water partition coefficient (Wildman–Crippen LogP) is 3.63. The van der Waals surface area contributed by atoms with E-state index in [-0.39, 0.29) is 29.4 Å². The van der Waals surface area contributed by atoms with Crippen LogP contribution in [0.2, 0.25) is 0 Å². The van der Waals surface area contributed by atoms with Crippen LogP contribution in [0.15, 0.2) is 42.5 Å². The van der Waals surface area contributed by atoms with Gasteiger partial charge in [-0.25, -0.2) is 4.39 Å². The molecule has 2 aromatic carbocycles. The largest absolute Gasteiger partial charge is 0.347 e. The molecule has 0 aliphatic carbocycles. The van der Waals surface area contributed by atoms with Gasteiger partial charge in [-0.05, 0) is 56.7 Å². The predicted molar refractivity (Wildman–Crippen MR) is 137 cm³/mol. The standard InChI is InChI=1S/C28H33FN4O3/c1-17-15-33(18(2)14-32(17)16-20-7-10-22(29)11-8-20)27(35)25-19(3)31(6)24-12-9-21(13-23(24)25)26(34)28(36)30(4)5/h7-13,17-18H,14-16H2,1-6H3/t17-,18+/m0/s1. The Kier molecular flexibility index (Phi) is 7.00. The van der Waals surface area contributed by atoms with Crippen molar-refractivity contribution in [2.45, 2.75) is 39.4 Å². The molecule has 1 aliphatic heterocycles. The van der Waals surface area contributed by atoms with E-state index >= 15 is 0 Å². The molecular weight excluding hydrogens is 459 g/mol. The first kappa shape index (κ1) is 25.6. The van der Waals surface area contributed by atoms with Crippen molar-refractivity contribution in [2.75, 3.05) is 27.2 Å². The summed E-state index contributed by atoms with van der Waals surface area (Å²) in [5, 5.41) is 0.672. The summed E-state index contributed by atoms with van der Waals surface area (Å²) in [5.74, 6) is -1.53. The smallest absolute Gasteiger partial charge is 0.294 e. The average Bonchev–Trinajstić information content (AvgIpc) is 3.10. The SMILES string of the molecule is Cc1c(C(=O)N2C[C@H](C)N(Cc3ccc(F)cc3)C[C@H]2C)c2cc(C(=O)C(=O)N(C)C)ccc2n1C. The van der Waals surface area contributed by atoms with Crippen molar-refractivity contribution in [3.63, 3.8) is 0 Å². The molecule has 1 saturated heterocycles. The fourth-order valence-electron chi connectivity index (χ4n) is 4.98. The molecule has 190 valence electrons. The monoisotopic (exact) mass is 492 g/mol. The molecule has 8 heteroatoms. The van der Waals surface area contributed by atoms with Crippen molar-refractivity contribution in [1.82, 2.24) is 19.3 Å². The first-order chi connectivity index (χ1) is 17.0. The molecule has 36 heavy (non-hydrogen) atoms. The van der Waals surface area contributed by atoms with Crippen LogP contribution in [0.25, 0.3) is 10.9 Å². The quantitative estimate of drug-likeness (QED) is 0.403. The van der Waals surface area contributed by atoms with E-state index in [1.807, 2.05) is 30.4 Å². The van der Waals surface area contributed by atoms with E-state index in [1.54, 1.807) is 44.4 Å². The first-order valence-electron chi connectivity index (χ1n) is 12.1. The number of halogens is 1. The Balaban J connectivity index is 1.62. The molecule has 4 rings (SSSR count). The summed E-state index contributed by atoms with van der Waals surface area (Å²) >= 11 is 0. The van der Waals surface area contributed by atoms with Gasteiger partial charge in [-0.15, -0.1) is 0 Å². The van der Waals surface area contributed by atoms with Gasteiger partial charge < -0.3 is 14.4 Å². The van der Waals surface area contributed by atoms with E-state index in [0.29, 0.717) is 30.6 Å². The minimum absolute atomic E-state index is 0.0380. The number of benzene rings is 2. The molecule has 1 aromatic heterocycles. The fourth-order valence-corrected chi connectivity index (χ4v) is 4.98. The summed E-state index contributed by atoms with van der Waals surface area (Å²) in [6.07, 6.45) is 0. The lowest BCUT2D eigenvalue weighted by molar-refractivity contribution is -0.124. The fraction of sp³-hybridized carbons (Fsp3) is 0.393. The van der Waals surface area contributed by atoms with Crippen LogP contribution in [0.5, 0.6) is 0 Å². The minimum atomic E-state index is -0.602. The molecule has 0 N–H and O–H groups in total. The molecule has 1 fully saturated rings. The highest BCUT2D eigenvalue weighted by Crippen LogP contribution is 2.30. The van der Waals surface area contributed by atoms with Crippen molar-refractivity contribution in [1.29, 1.82) is 0 Å². The van der Waals surface area contributed by atoms with Gasteiger partial charge in [0.2, 0.25) is 5.78 Å². The van der Waals surface area contributed by atoms with Crippen LogP contribution < -0.4 is 0 Å². The maximum Gasteiger partial charge on any atom is 0.294 e. The maximum absolute atomic E-state index is 13.9. The van der Waals surface area contributed by atoms with Crippen molar-refractivity contribution in [3.8, 4) is 0 Å². The molecule has 2 atom stereocenters. The molecule has 3 aromatic rings. The van der Waals surface area contributed by atoms with Gasteiger partial charge in [0.15, 0.2) is 0 Å². The van der Waals surface area contributed by atoms with Crippen molar-refractivity contribution < 1.29 is 18.8 Å². The van der Waals surface area contributed by atoms with Gasteiger partial charge in [0, 0.05) is 75.0 Å². The van der Waals surface area contributed by atoms with Crippen molar-refractivity contribution in [3.05, 3.63) is 70.7 Å². The normalized spacial score (nSPS) is 18.5. The number of nitrogens with zero attached hydrogens (tertiary/aromatic N) is 4. The lowest BCUT2D eigenvalue weighted by Crippen LogP contribution is -2.57. The third-order valence-corrected chi connectivity index (χ3v) is 7.24. The van der Waals surface area contributed by atoms with E-state index < -0.39 is 11.7 Å². The highest BCUT2D eigenvalue weighted by Gasteiger charge is 2.34. The van der Waals surface area contributed by atoms with Crippen LogP contribution in [0.4, 0.5) is 4.39 Å². The number of amides is 2. The van der Waals surface area contributed by atoms with Gasteiger partial charge in [0.25, 0.3) is 11.8 Å². The number of rotatable bonds is 5. The van der Waals surface area contributed by atoms with Crippen LogP contribution in [-0.4, -0.2) is 76.1 Å². The number of hydrogen-bond acceptors (Lipinski definition) is 4. The van der Waals surface area contributed by atoms with Gasteiger partial charge in [-0.3, -0.25) is 19.3 Å². The third-order valence-electron chi connectivity index (χ3n) is 7.24. The number of Topliss-reactive ketones (excluding diaryl/α,β-unsaturated/α-hetero) is 1.